The van der Waals surface area contributed by atoms with Gasteiger partial charge in [-0.3, -0.25) is 9.59 Å². The molecule has 0 spiro atoms. The highest BCUT2D eigenvalue weighted by Gasteiger charge is 2.15. The first-order valence-electron chi connectivity index (χ1n) is 8.67. The lowest BCUT2D eigenvalue weighted by molar-refractivity contribution is -0.114. The number of benzene rings is 2. The number of carbonyl (C=O) groups excluding carboxylic acids is 2. The Balaban J connectivity index is 1.90. The Hall–Kier alpha value is -2.82. The quantitative estimate of drug-likeness (QED) is 0.764. The van der Waals surface area contributed by atoms with Gasteiger partial charge in [-0.25, -0.2) is 0 Å². The van der Waals surface area contributed by atoms with Crippen molar-refractivity contribution in [2.45, 2.75) is 40.2 Å². The maximum atomic E-state index is 12.1. The summed E-state index contributed by atoms with van der Waals surface area (Å²) in [6, 6.07) is 13.0. The molecule has 0 atom stereocenters. The van der Waals surface area contributed by atoms with Crippen molar-refractivity contribution in [3.8, 4) is 0 Å². The second-order valence-corrected chi connectivity index (χ2v) is 7.56. The van der Waals surface area contributed by atoms with Crippen LogP contribution in [-0.2, 0) is 4.79 Å². The van der Waals surface area contributed by atoms with Gasteiger partial charge < -0.3 is 16.0 Å². The smallest absolute Gasteiger partial charge is 0.251 e. The minimum Gasteiger partial charge on any atom is -0.376 e. The van der Waals surface area contributed by atoms with Gasteiger partial charge in [0.15, 0.2) is 0 Å². The molecule has 0 aliphatic rings. The van der Waals surface area contributed by atoms with Crippen molar-refractivity contribution < 1.29 is 9.59 Å². The van der Waals surface area contributed by atoms with Gasteiger partial charge >= 0.3 is 0 Å². The molecule has 0 bridgehead atoms. The molecular formula is C21H27N3O2. The van der Waals surface area contributed by atoms with Crippen LogP contribution in [0.5, 0.6) is 0 Å². The minimum absolute atomic E-state index is 0.133. The van der Waals surface area contributed by atoms with Crippen LogP contribution in [0, 0.1) is 13.8 Å². The number of amides is 2. The molecule has 0 unspecified atom stereocenters. The van der Waals surface area contributed by atoms with Crippen molar-refractivity contribution >= 4 is 23.2 Å². The topological polar surface area (TPSA) is 70.2 Å². The van der Waals surface area contributed by atoms with Crippen molar-refractivity contribution in [2.75, 3.05) is 17.2 Å². The fraction of sp³-hybridized carbons (Fsp3) is 0.333. The van der Waals surface area contributed by atoms with Gasteiger partial charge in [0.25, 0.3) is 5.91 Å². The van der Waals surface area contributed by atoms with E-state index in [4.69, 9.17) is 0 Å². The molecule has 0 aliphatic heterocycles. The third kappa shape index (κ3) is 6.24. The van der Waals surface area contributed by atoms with Gasteiger partial charge in [-0.15, -0.1) is 0 Å². The first-order valence-corrected chi connectivity index (χ1v) is 8.67. The maximum Gasteiger partial charge on any atom is 0.251 e. The summed E-state index contributed by atoms with van der Waals surface area (Å²) in [5.74, 6) is -0.275. The normalized spacial score (nSPS) is 11.0. The zero-order valence-electron chi connectivity index (χ0n) is 16.1. The molecule has 0 heterocycles. The van der Waals surface area contributed by atoms with Gasteiger partial charge in [-0.1, -0.05) is 6.07 Å². The number of rotatable bonds is 5. The zero-order chi connectivity index (χ0) is 19.3. The fourth-order valence-corrected chi connectivity index (χ4v) is 2.58. The van der Waals surface area contributed by atoms with Crippen LogP contribution in [0.2, 0.25) is 0 Å². The van der Waals surface area contributed by atoms with E-state index in [1.165, 1.54) is 0 Å². The van der Waals surface area contributed by atoms with Gasteiger partial charge in [0.2, 0.25) is 5.91 Å². The molecule has 3 N–H and O–H groups in total. The van der Waals surface area contributed by atoms with Crippen molar-refractivity contribution in [2.24, 2.45) is 0 Å². The Morgan fingerprint density at radius 1 is 0.885 bits per heavy atom. The number of nitrogens with one attached hydrogen (secondary N) is 3. The third-order valence-corrected chi connectivity index (χ3v) is 3.59. The minimum atomic E-state index is -0.288. The van der Waals surface area contributed by atoms with Gasteiger partial charge in [0.05, 0.1) is 6.54 Å². The lowest BCUT2D eigenvalue weighted by Crippen LogP contribution is -2.40. The number of hydrogen-bond acceptors (Lipinski definition) is 3. The second-order valence-electron chi connectivity index (χ2n) is 7.56. The molecular weight excluding hydrogens is 326 g/mol. The fourth-order valence-electron chi connectivity index (χ4n) is 2.58. The average Bonchev–Trinajstić information content (AvgIpc) is 2.51. The van der Waals surface area contributed by atoms with E-state index in [0.29, 0.717) is 11.3 Å². The third-order valence-electron chi connectivity index (χ3n) is 3.59. The van der Waals surface area contributed by atoms with Crippen molar-refractivity contribution in [3.63, 3.8) is 0 Å². The van der Waals surface area contributed by atoms with E-state index in [2.05, 4.69) is 22.0 Å². The summed E-state index contributed by atoms with van der Waals surface area (Å²) in [6.45, 7) is 10.0. The molecule has 0 aromatic heterocycles. The van der Waals surface area contributed by atoms with Gasteiger partial charge in [-0.05, 0) is 82.1 Å². The lowest BCUT2D eigenvalue weighted by atomic mass is 10.1. The first-order chi connectivity index (χ1) is 12.1. The van der Waals surface area contributed by atoms with E-state index in [9.17, 15) is 9.59 Å². The predicted octanol–water partition coefficient (Wildman–Crippen LogP) is 3.88. The van der Waals surface area contributed by atoms with Crippen LogP contribution in [0.1, 0.15) is 42.3 Å². The molecule has 2 aromatic rings. The summed E-state index contributed by atoms with van der Waals surface area (Å²) >= 11 is 0. The summed E-state index contributed by atoms with van der Waals surface area (Å²) in [7, 11) is 0. The molecule has 0 fully saturated rings. The number of aryl methyl sites for hydroxylation is 2. The monoisotopic (exact) mass is 353 g/mol. The van der Waals surface area contributed by atoms with Crippen molar-refractivity contribution in [1.29, 1.82) is 0 Å². The highest BCUT2D eigenvalue weighted by Crippen LogP contribution is 2.14. The maximum absolute atomic E-state index is 12.1. The molecule has 2 rings (SSSR count). The molecule has 138 valence electrons. The van der Waals surface area contributed by atoms with Crippen LogP contribution in [0.15, 0.2) is 42.5 Å². The molecule has 2 aromatic carbocycles. The summed E-state index contributed by atoms with van der Waals surface area (Å²) < 4.78 is 0. The van der Waals surface area contributed by atoms with E-state index in [-0.39, 0.29) is 23.9 Å². The zero-order valence-corrected chi connectivity index (χ0v) is 16.1. The Bertz CT molecular complexity index is 770. The highest BCUT2D eigenvalue weighted by atomic mass is 16.2. The van der Waals surface area contributed by atoms with E-state index in [0.717, 1.165) is 16.8 Å². The number of hydrogen-bond donors (Lipinski definition) is 3. The Morgan fingerprint density at radius 3 is 2.00 bits per heavy atom. The van der Waals surface area contributed by atoms with E-state index < -0.39 is 0 Å². The Labute approximate surface area is 155 Å². The molecule has 0 radical (unpaired) electrons. The standard InChI is InChI=1S/C21H27N3O2/c1-14-10-15(2)12-18(11-14)22-13-19(25)23-17-8-6-16(7-9-17)20(26)24-21(3,4)5/h6-12,22H,13H2,1-5H3,(H,23,25)(H,24,26). The summed E-state index contributed by atoms with van der Waals surface area (Å²) in [5, 5.41) is 8.86. The van der Waals surface area contributed by atoms with Crippen molar-refractivity contribution in [1.82, 2.24) is 5.32 Å². The summed E-state index contributed by atoms with van der Waals surface area (Å²) in [4.78, 5) is 24.2. The Kier molecular flexibility index (Phi) is 6.03. The Morgan fingerprint density at radius 2 is 1.46 bits per heavy atom. The number of anilines is 2. The van der Waals surface area contributed by atoms with Crippen LogP contribution in [-0.4, -0.2) is 23.9 Å². The van der Waals surface area contributed by atoms with Crippen LogP contribution < -0.4 is 16.0 Å². The molecule has 0 aliphatic carbocycles. The molecule has 0 saturated heterocycles. The molecule has 26 heavy (non-hydrogen) atoms. The van der Waals surface area contributed by atoms with Gasteiger partial charge in [-0.2, -0.15) is 0 Å². The average molecular weight is 353 g/mol. The SMILES string of the molecule is Cc1cc(C)cc(NCC(=O)Nc2ccc(C(=O)NC(C)(C)C)cc2)c1. The predicted molar refractivity (Wildman–Crippen MR) is 107 cm³/mol. The number of carbonyl (C=O) groups is 2. The second kappa shape index (κ2) is 8.04. The van der Waals surface area contributed by atoms with Crippen LogP contribution in [0.4, 0.5) is 11.4 Å². The molecule has 5 nitrogen and oxygen atoms in total. The van der Waals surface area contributed by atoms with Crippen LogP contribution in [0.3, 0.4) is 0 Å². The summed E-state index contributed by atoms with van der Waals surface area (Å²) in [5.41, 5.74) is 4.15. The van der Waals surface area contributed by atoms with E-state index in [1.54, 1.807) is 24.3 Å². The van der Waals surface area contributed by atoms with Crippen LogP contribution >= 0.6 is 0 Å². The molecule has 2 amide bonds. The molecule has 5 heteroatoms. The van der Waals surface area contributed by atoms with Crippen LogP contribution in [0.25, 0.3) is 0 Å². The lowest BCUT2D eigenvalue weighted by Gasteiger charge is -2.20. The van der Waals surface area contributed by atoms with E-state index in [1.807, 2.05) is 46.8 Å². The summed E-state index contributed by atoms with van der Waals surface area (Å²) in [6.07, 6.45) is 0. The van der Waals surface area contributed by atoms with Crippen molar-refractivity contribution in [3.05, 3.63) is 59.2 Å². The highest BCUT2D eigenvalue weighted by molar-refractivity contribution is 5.97. The van der Waals surface area contributed by atoms with E-state index >= 15 is 0 Å². The molecule has 0 saturated carbocycles. The van der Waals surface area contributed by atoms with Gasteiger partial charge in [0.1, 0.15) is 0 Å². The first kappa shape index (κ1) is 19.5. The largest absolute Gasteiger partial charge is 0.376 e. The van der Waals surface area contributed by atoms with Gasteiger partial charge in [0, 0.05) is 22.5 Å².